The predicted octanol–water partition coefficient (Wildman–Crippen LogP) is 4.68. The van der Waals surface area contributed by atoms with Crippen LogP contribution in [0.4, 0.5) is 0 Å². The van der Waals surface area contributed by atoms with Crippen molar-refractivity contribution in [2.75, 3.05) is 32.9 Å². The van der Waals surface area contributed by atoms with Crippen molar-refractivity contribution in [3.63, 3.8) is 0 Å². The van der Waals surface area contributed by atoms with Crippen LogP contribution in [0.25, 0.3) is 0 Å². The van der Waals surface area contributed by atoms with Crippen molar-refractivity contribution < 1.29 is 14.2 Å². The molecule has 4 heteroatoms. The fourth-order valence-corrected chi connectivity index (χ4v) is 3.63. The highest BCUT2D eigenvalue weighted by molar-refractivity contribution is 5.15. The molecule has 0 unspecified atom stereocenters. The molecule has 1 heterocycles. The van der Waals surface area contributed by atoms with E-state index in [0.717, 1.165) is 32.5 Å². The number of nitrogens with zero attached hydrogens (tertiary/aromatic N) is 1. The fourth-order valence-electron chi connectivity index (χ4n) is 3.63. The van der Waals surface area contributed by atoms with Crippen molar-refractivity contribution in [1.82, 2.24) is 4.90 Å². The first-order valence-corrected chi connectivity index (χ1v) is 10.8. The number of likely N-dealkylation sites (tertiary alicyclic amines) is 1. The van der Waals surface area contributed by atoms with Crippen molar-refractivity contribution in [3.05, 3.63) is 71.8 Å². The molecule has 0 bridgehead atoms. The molecular formula is C25H35NO3. The summed E-state index contributed by atoms with van der Waals surface area (Å²) in [6.07, 6.45) is 2.21. The third-order valence-corrected chi connectivity index (χ3v) is 5.57. The first kappa shape index (κ1) is 22.0. The number of benzene rings is 2. The molecule has 1 atom stereocenters. The van der Waals surface area contributed by atoms with Crippen LogP contribution in [0.15, 0.2) is 60.7 Å². The molecule has 0 saturated carbocycles. The minimum Gasteiger partial charge on any atom is -0.376 e. The van der Waals surface area contributed by atoms with Gasteiger partial charge in [-0.3, -0.25) is 4.90 Å². The Labute approximate surface area is 175 Å². The number of hydrogen-bond donors (Lipinski definition) is 0. The minimum atomic E-state index is -0.0357. The standard InChI is InChI=1S/C25H35NO3/c1-22(28-21-24-11-7-4-8-12-24)20-27-17-18-29-25(2)13-15-26(16-14-25)19-23-9-5-3-6-10-23/h3-12,22H,13-21H2,1-2H3/t22-/m1/s1. The van der Waals surface area contributed by atoms with E-state index >= 15 is 0 Å². The number of hydrogen-bond acceptors (Lipinski definition) is 4. The summed E-state index contributed by atoms with van der Waals surface area (Å²) < 4.78 is 17.8. The van der Waals surface area contributed by atoms with E-state index in [1.807, 2.05) is 25.1 Å². The summed E-state index contributed by atoms with van der Waals surface area (Å²) in [4.78, 5) is 2.52. The Morgan fingerprint density at radius 1 is 0.897 bits per heavy atom. The number of rotatable bonds is 11. The maximum Gasteiger partial charge on any atom is 0.0785 e. The van der Waals surface area contributed by atoms with Gasteiger partial charge in [-0.05, 0) is 37.8 Å². The van der Waals surface area contributed by atoms with Crippen molar-refractivity contribution in [2.24, 2.45) is 0 Å². The van der Waals surface area contributed by atoms with Crippen LogP contribution in [-0.4, -0.2) is 49.5 Å². The smallest absolute Gasteiger partial charge is 0.0785 e. The molecule has 3 rings (SSSR count). The van der Waals surface area contributed by atoms with Gasteiger partial charge in [0.2, 0.25) is 0 Å². The number of ether oxygens (including phenoxy) is 3. The minimum absolute atomic E-state index is 0.0357. The monoisotopic (exact) mass is 397 g/mol. The molecule has 1 fully saturated rings. The van der Waals surface area contributed by atoms with Gasteiger partial charge in [0, 0.05) is 19.6 Å². The Balaban J connectivity index is 1.25. The van der Waals surface area contributed by atoms with Crippen LogP contribution in [0.2, 0.25) is 0 Å². The van der Waals surface area contributed by atoms with E-state index in [9.17, 15) is 0 Å². The molecule has 158 valence electrons. The summed E-state index contributed by atoms with van der Waals surface area (Å²) in [7, 11) is 0. The van der Waals surface area contributed by atoms with Gasteiger partial charge in [0.25, 0.3) is 0 Å². The van der Waals surface area contributed by atoms with E-state index in [1.54, 1.807) is 0 Å². The van der Waals surface area contributed by atoms with Gasteiger partial charge in [-0.1, -0.05) is 60.7 Å². The maximum atomic E-state index is 6.19. The molecule has 0 aromatic heterocycles. The van der Waals surface area contributed by atoms with Crippen LogP contribution >= 0.6 is 0 Å². The highest BCUT2D eigenvalue weighted by atomic mass is 16.6. The molecule has 0 radical (unpaired) electrons. The lowest BCUT2D eigenvalue weighted by Gasteiger charge is -2.39. The van der Waals surface area contributed by atoms with Gasteiger partial charge < -0.3 is 14.2 Å². The van der Waals surface area contributed by atoms with Crippen molar-refractivity contribution in [3.8, 4) is 0 Å². The molecule has 2 aromatic carbocycles. The maximum absolute atomic E-state index is 6.19. The van der Waals surface area contributed by atoms with Crippen molar-refractivity contribution in [1.29, 1.82) is 0 Å². The molecule has 1 aliphatic heterocycles. The van der Waals surface area contributed by atoms with E-state index in [-0.39, 0.29) is 11.7 Å². The topological polar surface area (TPSA) is 30.9 Å². The Kier molecular flexibility index (Phi) is 8.69. The molecule has 0 amide bonds. The first-order chi connectivity index (χ1) is 14.1. The Hall–Kier alpha value is -1.72. The summed E-state index contributed by atoms with van der Waals surface area (Å²) in [5, 5.41) is 0. The summed E-state index contributed by atoms with van der Waals surface area (Å²) >= 11 is 0. The van der Waals surface area contributed by atoms with Crippen molar-refractivity contribution >= 4 is 0 Å². The Bertz CT molecular complexity index is 684. The second-order valence-corrected chi connectivity index (χ2v) is 8.24. The molecule has 29 heavy (non-hydrogen) atoms. The molecule has 0 N–H and O–H groups in total. The second-order valence-electron chi connectivity index (χ2n) is 8.24. The van der Waals surface area contributed by atoms with Crippen LogP contribution < -0.4 is 0 Å². The molecule has 2 aromatic rings. The zero-order valence-corrected chi connectivity index (χ0v) is 17.9. The van der Waals surface area contributed by atoms with Gasteiger partial charge >= 0.3 is 0 Å². The van der Waals surface area contributed by atoms with Crippen LogP contribution in [0, 0.1) is 0 Å². The summed E-state index contributed by atoms with van der Waals surface area (Å²) in [5.74, 6) is 0. The van der Waals surface area contributed by atoms with E-state index in [2.05, 4.69) is 54.3 Å². The lowest BCUT2D eigenvalue weighted by atomic mass is 9.93. The highest BCUT2D eigenvalue weighted by Gasteiger charge is 2.30. The van der Waals surface area contributed by atoms with E-state index in [0.29, 0.717) is 26.4 Å². The predicted molar refractivity (Wildman–Crippen MR) is 117 cm³/mol. The van der Waals surface area contributed by atoms with Gasteiger partial charge in [-0.25, -0.2) is 0 Å². The third-order valence-electron chi connectivity index (χ3n) is 5.57. The lowest BCUT2D eigenvalue weighted by Crippen LogP contribution is -2.44. The van der Waals surface area contributed by atoms with E-state index in [1.165, 1.54) is 11.1 Å². The molecular weight excluding hydrogens is 362 g/mol. The van der Waals surface area contributed by atoms with Crippen LogP contribution in [-0.2, 0) is 27.4 Å². The fraction of sp³-hybridized carbons (Fsp3) is 0.520. The van der Waals surface area contributed by atoms with E-state index < -0.39 is 0 Å². The van der Waals surface area contributed by atoms with Gasteiger partial charge in [0.15, 0.2) is 0 Å². The van der Waals surface area contributed by atoms with Gasteiger partial charge in [-0.2, -0.15) is 0 Å². The zero-order chi connectivity index (χ0) is 20.4. The molecule has 1 saturated heterocycles. The third kappa shape index (κ3) is 7.90. The second kappa shape index (κ2) is 11.5. The van der Waals surface area contributed by atoms with Crippen LogP contribution in [0.3, 0.4) is 0 Å². The highest BCUT2D eigenvalue weighted by Crippen LogP contribution is 2.26. The lowest BCUT2D eigenvalue weighted by molar-refractivity contribution is -0.0960. The summed E-state index contributed by atoms with van der Waals surface area (Å²) in [6.45, 7) is 9.94. The van der Waals surface area contributed by atoms with Crippen LogP contribution in [0.1, 0.15) is 37.8 Å². The largest absolute Gasteiger partial charge is 0.376 e. The Morgan fingerprint density at radius 2 is 1.52 bits per heavy atom. The zero-order valence-electron chi connectivity index (χ0n) is 17.9. The first-order valence-electron chi connectivity index (χ1n) is 10.8. The van der Waals surface area contributed by atoms with Gasteiger partial charge in [-0.15, -0.1) is 0 Å². The average molecular weight is 398 g/mol. The average Bonchev–Trinajstić information content (AvgIpc) is 2.75. The Morgan fingerprint density at radius 3 is 2.17 bits per heavy atom. The normalized spacial score (nSPS) is 17.9. The van der Waals surface area contributed by atoms with Gasteiger partial charge in [0.1, 0.15) is 0 Å². The van der Waals surface area contributed by atoms with Gasteiger partial charge in [0.05, 0.1) is 38.1 Å². The summed E-state index contributed by atoms with van der Waals surface area (Å²) in [5.41, 5.74) is 2.54. The molecule has 1 aliphatic rings. The molecule has 4 nitrogen and oxygen atoms in total. The molecule has 0 spiro atoms. The number of piperidine rings is 1. The summed E-state index contributed by atoms with van der Waals surface area (Å²) in [6, 6.07) is 20.9. The van der Waals surface area contributed by atoms with Crippen molar-refractivity contribution in [2.45, 2.75) is 51.5 Å². The molecule has 0 aliphatic carbocycles. The van der Waals surface area contributed by atoms with Crippen LogP contribution in [0.5, 0.6) is 0 Å². The quantitative estimate of drug-likeness (QED) is 0.515. The van der Waals surface area contributed by atoms with E-state index in [4.69, 9.17) is 14.2 Å². The SMILES string of the molecule is C[C@H](COCCOC1(C)CCN(Cc2ccccc2)CC1)OCc1ccccc1.